The molecule has 0 spiro atoms. The topological polar surface area (TPSA) is 69.7 Å². The molecule has 0 bridgehead atoms. The zero-order chi connectivity index (χ0) is 18.9. The van der Waals surface area contributed by atoms with Gasteiger partial charge >= 0.3 is 5.97 Å². The molecule has 0 saturated carbocycles. The third-order valence-corrected chi connectivity index (χ3v) is 4.54. The second-order valence-corrected chi connectivity index (χ2v) is 7.05. The number of fused-ring (bicyclic) bond motifs is 2. The number of hydrogen-bond acceptors (Lipinski definition) is 5. The van der Waals surface area contributed by atoms with Gasteiger partial charge in [0.15, 0.2) is 11.6 Å². The van der Waals surface area contributed by atoms with Crippen molar-refractivity contribution in [2.45, 2.75) is 45.6 Å². The summed E-state index contributed by atoms with van der Waals surface area (Å²) in [5, 5.41) is 0. The number of Topliss-reactive ketones (excluding diaryl/α,β-unsaturated/α-hetero) is 1. The minimum atomic E-state index is -0.589. The van der Waals surface area contributed by atoms with E-state index < -0.39 is 11.8 Å². The van der Waals surface area contributed by atoms with Gasteiger partial charge in [0, 0.05) is 16.7 Å². The van der Waals surface area contributed by atoms with Gasteiger partial charge in [0.05, 0.1) is 6.61 Å². The van der Waals surface area contributed by atoms with Gasteiger partial charge in [-0.2, -0.15) is 0 Å². The van der Waals surface area contributed by atoms with Gasteiger partial charge in [-0.3, -0.25) is 14.4 Å². The number of ether oxygens (including phenoxy) is 2. The molecule has 2 aliphatic rings. The average Bonchev–Trinajstić information content (AvgIpc) is 2.58. The first-order valence-corrected chi connectivity index (χ1v) is 8.79. The third-order valence-electron chi connectivity index (χ3n) is 4.54. The summed E-state index contributed by atoms with van der Waals surface area (Å²) in [5.41, 5.74) is 2.04. The van der Waals surface area contributed by atoms with Gasteiger partial charge in [-0.1, -0.05) is 24.3 Å². The van der Waals surface area contributed by atoms with Crippen LogP contribution in [0.25, 0.3) is 11.3 Å². The average molecular weight is 354 g/mol. The first kappa shape index (κ1) is 18.1. The van der Waals surface area contributed by atoms with Crippen LogP contribution in [0.1, 0.15) is 51.2 Å². The van der Waals surface area contributed by atoms with Crippen LogP contribution in [0.2, 0.25) is 0 Å². The summed E-state index contributed by atoms with van der Waals surface area (Å²) < 4.78 is 10.9. The molecule has 1 heterocycles. The molecule has 0 N–H and O–H groups in total. The fourth-order valence-corrected chi connectivity index (χ4v) is 3.27. The largest absolute Gasteiger partial charge is 0.487 e. The fourth-order valence-electron chi connectivity index (χ4n) is 3.27. The van der Waals surface area contributed by atoms with E-state index in [0.717, 1.165) is 12.0 Å². The number of carbonyl (C=O) groups excluding carboxylic acids is 3. The number of ketones is 2. The number of carbonyl (C=O) groups is 3. The second-order valence-electron chi connectivity index (χ2n) is 7.05. The Morgan fingerprint density at radius 1 is 1.23 bits per heavy atom. The highest BCUT2D eigenvalue weighted by atomic mass is 16.5. The Balaban J connectivity index is 2.01. The monoisotopic (exact) mass is 354 g/mol. The summed E-state index contributed by atoms with van der Waals surface area (Å²) >= 11 is 0. The predicted molar refractivity (Wildman–Crippen MR) is 97.0 cm³/mol. The van der Waals surface area contributed by atoms with Crippen molar-refractivity contribution in [3.8, 4) is 0 Å². The number of rotatable bonds is 4. The SMILES string of the molecule is CCOC(=O)CC(=O)/C=C1/C(=O)C2=C(OC(C)(C)CC2)c2ccccc21. The highest BCUT2D eigenvalue weighted by Crippen LogP contribution is 2.44. The molecule has 1 aliphatic heterocycles. The Labute approximate surface area is 152 Å². The fraction of sp³-hybridized carbons (Fsp3) is 0.381. The molecule has 1 aromatic rings. The van der Waals surface area contributed by atoms with E-state index in [9.17, 15) is 14.4 Å². The normalized spacial score (nSPS) is 19.5. The molecule has 0 fully saturated rings. The highest BCUT2D eigenvalue weighted by Gasteiger charge is 2.38. The maximum atomic E-state index is 13.0. The van der Waals surface area contributed by atoms with Crippen LogP contribution >= 0.6 is 0 Å². The van der Waals surface area contributed by atoms with Crippen LogP contribution in [0.15, 0.2) is 35.9 Å². The Morgan fingerprint density at radius 3 is 2.62 bits per heavy atom. The second kappa shape index (κ2) is 6.90. The molecular formula is C21H22O5. The number of hydrogen-bond donors (Lipinski definition) is 0. The minimum Gasteiger partial charge on any atom is -0.487 e. The summed E-state index contributed by atoms with van der Waals surface area (Å²) in [5.74, 6) is -0.625. The lowest BCUT2D eigenvalue weighted by molar-refractivity contribution is -0.144. The summed E-state index contributed by atoms with van der Waals surface area (Å²) in [4.78, 5) is 36.8. The van der Waals surface area contributed by atoms with Crippen LogP contribution in [0.4, 0.5) is 0 Å². The van der Waals surface area contributed by atoms with E-state index in [-0.39, 0.29) is 24.4 Å². The molecule has 5 heteroatoms. The molecule has 136 valence electrons. The molecule has 1 aromatic carbocycles. The maximum Gasteiger partial charge on any atom is 0.313 e. The van der Waals surface area contributed by atoms with Crippen LogP contribution < -0.4 is 0 Å². The smallest absolute Gasteiger partial charge is 0.313 e. The van der Waals surface area contributed by atoms with Crippen molar-refractivity contribution in [2.75, 3.05) is 6.61 Å². The maximum absolute atomic E-state index is 13.0. The summed E-state index contributed by atoms with van der Waals surface area (Å²) in [6.07, 6.45) is 2.21. The quantitative estimate of drug-likeness (QED) is 0.470. The lowest BCUT2D eigenvalue weighted by Crippen LogP contribution is -2.32. The zero-order valence-electron chi connectivity index (χ0n) is 15.3. The van der Waals surface area contributed by atoms with Crippen molar-refractivity contribution in [3.05, 3.63) is 47.0 Å². The Kier molecular flexibility index (Phi) is 4.81. The van der Waals surface area contributed by atoms with E-state index in [1.54, 1.807) is 13.0 Å². The van der Waals surface area contributed by atoms with E-state index in [4.69, 9.17) is 9.47 Å². The van der Waals surface area contributed by atoms with Gasteiger partial charge in [0.1, 0.15) is 17.8 Å². The minimum absolute atomic E-state index is 0.202. The molecular weight excluding hydrogens is 332 g/mol. The lowest BCUT2D eigenvalue weighted by Gasteiger charge is -2.37. The molecule has 1 aliphatic carbocycles. The number of benzene rings is 1. The van der Waals surface area contributed by atoms with Crippen molar-refractivity contribution < 1.29 is 23.9 Å². The van der Waals surface area contributed by atoms with Crippen molar-refractivity contribution in [3.63, 3.8) is 0 Å². The molecule has 0 radical (unpaired) electrons. The van der Waals surface area contributed by atoms with Gasteiger partial charge in [0.2, 0.25) is 0 Å². The summed E-state index contributed by atoms with van der Waals surface area (Å²) in [6, 6.07) is 7.38. The zero-order valence-corrected chi connectivity index (χ0v) is 15.3. The first-order chi connectivity index (χ1) is 12.3. The van der Waals surface area contributed by atoms with E-state index in [1.807, 2.05) is 32.0 Å². The third kappa shape index (κ3) is 3.47. The van der Waals surface area contributed by atoms with Crippen molar-refractivity contribution >= 4 is 28.9 Å². The van der Waals surface area contributed by atoms with Gasteiger partial charge < -0.3 is 9.47 Å². The Bertz CT molecular complexity index is 842. The van der Waals surface area contributed by atoms with Crippen molar-refractivity contribution in [1.82, 2.24) is 0 Å². The molecule has 5 nitrogen and oxygen atoms in total. The Morgan fingerprint density at radius 2 is 1.92 bits per heavy atom. The van der Waals surface area contributed by atoms with Crippen molar-refractivity contribution in [1.29, 1.82) is 0 Å². The highest BCUT2D eigenvalue weighted by molar-refractivity contribution is 6.36. The standard InChI is InChI=1S/C21H22O5/c1-4-25-18(23)12-13(22)11-17-14-7-5-6-8-15(14)20-16(19(17)24)9-10-21(2,3)26-20/h5-8,11H,4,9-10,12H2,1-3H3/b17-11+. The molecule has 0 saturated heterocycles. The van der Waals surface area contributed by atoms with Crippen LogP contribution in [0.5, 0.6) is 0 Å². The first-order valence-electron chi connectivity index (χ1n) is 8.79. The van der Waals surface area contributed by atoms with Gasteiger partial charge in [-0.05, 0) is 45.3 Å². The van der Waals surface area contributed by atoms with Gasteiger partial charge in [-0.15, -0.1) is 0 Å². The van der Waals surface area contributed by atoms with Gasteiger partial charge in [0.25, 0.3) is 0 Å². The van der Waals surface area contributed by atoms with Gasteiger partial charge in [-0.25, -0.2) is 0 Å². The molecule has 26 heavy (non-hydrogen) atoms. The lowest BCUT2D eigenvalue weighted by atomic mass is 9.80. The molecule has 0 aromatic heterocycles. The van der Waals surface area contributed by atoms with E-state index in [1.165, 1.54) is 6.08 Å². The molecule has 0 amide bonds. The molecule has 3 rings (SSSR count). The summed E-state index contributed by atoms with van der Waals surface area (Å²) in [7, 11) is 0. The summed E-state index contributed by atoms with van der Waals surface area (Å²) in [6.45, 7) is 5.89. The van der Waals surface area contributed by atoms with E-state index in [2.05, 4.69) is 0 Å². The van der Waals surface area contributed by atoms with Crippen LogP contribution in [0, 0.1) is 0 Å². The molecule has 0 atom stereocenters. The van der Waals surface area contributed by atoms with E-state index in [0.29, 0.717) is 28.9 Å². The van der Waals surface area contributed by atoms with Crippen LogP contribution in [-0.2, 0) is 23.9 Å². The molecule has 0 unspecified atom stereocenters. The number of esters is 1. The Hall–Kier alpha value is -2.69. The predicted octanol–water partition coefficient (Wildman–Crippen LogP) is 3.48. The van der Waals surface area contributed by atoms with Crippen LogP contribution in [-0.4, -0.2) is 29.7 Å². The van der Waals surface area contributed by atoms with Crippen molar-refractivity contribution in [2.24, 2.45) is 0 Å². The van der Waals surface area contributed by atoms with Crippen LogP contribution in [0.3, 0.4) is 0 Å². The number of allylic oxidation sites excluding steroid dienone is 3. The van der Waals surface area contributed by atoms with E-state index >= 15 is 0 Å².